The molecular weight excluding hydrogens is 160 g/mol. The van der Waals surface area contributed by atoms with Gasteiger partial charge in [0.05, 0.1) is 0 Å². The SMILES string of the molecule is C=C(C(C)[C@H](C)F)C(F)(F)F. The van der Waals surface area contributed by atoms with Crippen LogP contribution in [0.15, 0.2) is 12.2 Å². The van der Waals surface area contributed by atoms with Crippen molar-refractivity contribution in [3.8, 4) is 0 Å². The second kappa shape index (κ2) is 3.24. The molecule has 11 heavy (non-hydrogen) atoms. The van der Waals surface area contributed by atoms with Crippen molar-refractivity contribution in [2.24, 2.45) is 5.92 Å². The van der Waals surface area contributed by atoms with Gasteiger partial charge in [0.1, 0.15) is 6.17 Å². The lowest BCUT2D eigenvalue weighted by Gasteiger charge is -2.17. The Morgan fingerprint density at radius 3 is 1.73 bits per heavy atom. The Bertz CT molecular complexity index is 145. The van der Waals surface area contributed by atoms with Crippen molar-refractivity contribution in [1.29, 1.82) is 0 Å². The Morgan fingerprint density at radius 2 is 1.64 bits per heavy atom. The molecule has 1 unspecified atom stereocenters. The van der Waals surface area contributed by atoms with E-state index < -0.39 is 23.8 Å². The number of hydrogen-bond acceptors (Lipinski definition) is 0. The van der Waals surface area contributed by atoms with Crippen molar-refractivity contribution in [2.75, 3.05) is 0 Å². The molecule has 2 atom stereocenters. The Morgan fingerprint density at radius 1 is 1.27 bits per heavy atom. The van der Waals surface area contributed by atoms with Crippen LogP contribution in [-0.4, -0.2) is 12.3 Å². The maximum absolute atomic E-state index is 12.3. The molecule has 0 aromatic rings. The molecule has 0 amide bonds. The summed E-state index contributed by atoms with van der Waals surface area (Å²) in [6, 6.07) is 0. The van der Waals surface area contributed by atoms with Crippen LogP contribution in [0.3, 0.4) is 0 Å². The summed E-state index contributed by atoms with van der Waals surface area (Å²) < 4.78 is 47.7. The molecule has 0 aliphatic heterocycles. The highest BCUT2D eigenvalue weighted by atomic mass is 19.4. The number of halogens is 4. The van der Waals surface area contributed by atoms with E-state index in [1.807, 2.05) is 0 Å². The summed E-state index contributed by atoms with van der Waals surface area (Å²) in [7, 11) is 0. The molecule has 0 heterocycles. The second-order valence-electron chi connectivity index (χ2n) is 2.49. The molecule has 0 aliphatic rings. The van der Waals surface area contributed by atoms with Gasteiger partial charge in [0.15, 0.2) is 0 Å². The zero-order valence-electron chi connectivity index (χ0n) is 6.37. The molecule has 0 bridgehead atoms. The zero-order valence-corrected chi connectivity index (χ0v) is 6.37. The molecular formula is C7H10F4. The summed E-state index contributed by atoms with van der Waals surface area (Å²) in [4.78, 5) is 0. The van der Waals surface area contributed by atoms with Gasteiger partial charge < -0.3 is 0 Å². The van der Waals surface area contributed by atoms with Crippen LogP contribution in [0.5, 0.6) is 0 Å². The Kier molecular flexibility index (Phi) is 3.08. The first-order valence-corrected chi connectivity index (χ1v) is 3.17. The maximum atomic E-state index is 12.3. The van der Waals surface area contributed by atoms with E-state index in [-0.39, 0.29) is 0 Å². The van der Waals surface area contributed by atoms with Crippen molar-refractivity contribution in [3.63, 3.8) is 0 Å². The van der Waals surface area contributed by atoms with Gasteiger partial charge in [-0.1, -0.05) is 13.5 Å². The molecule has 0 nitrogen and oxygen atoms in total. The van der Waals surface area contributed by atoms with E-state index in [4.69, 9.17) is 0 Å². The first-order valence-electron chi connectivity index (χ1n) is 3.17. The van der Waals surface area contributed by atoms with Crippen LogP contribution in [0.1, 0.15) is 13.8 Å². The average Bonchev–Trinajstić information content (AvgIpc) is 1.82. The molecule has 0 rings (SSSR count). The number of allylic oxidation sites excluding steroid dienone is 1. The minimum Gasteiger partial charge on any atom is -0.247 e. The van der Waals surface area contributed by atoms with E-state index in [0.29, 0.717) is 0 Å². The standard InChI is InChI=1S/C7H10F4/c1-4(6(3)8)5(2)7(9,10)11/h4,6H,2H2,1,3H3/t4?,6-/m0/s1. The molecule has 0 aliphatic carbocycles. The summed E-state index contributed by atoms with van der Waals surface area (Å²) in [5.74, 6) is -1.16. The van der Waals surface area contributed by atoms with E-state index in [0.717, 1.165) is 6.92 Å². The Labute approximate surface area is 62.9 Å². The number of rotatable bonds is 2. The van der Waals surface area contributed by atoms with Crippen LogP contribution in [0.2, 0.25) is 0 Å². The average molecular weight is 170 g/mol. The Balaban J connectivity index is 4.26. The van der Waals surface area contributed by atoms with Crippen LogP contribution in [0.4, 0.5) is 17.6 Å². The van der Waals surface area contributed by atoms with Gasteiger partial charge in [0.2, 0.25) is 0 Å². The van der Waals surface area contributed by atoms with Crippen LogP contribution in [-0.2, 0) is 0 Å². The molecule has 0 N–H and O–H groups in total. The fraction of sp³-hybridized carbons (Fsp3) is 0.714. The number of hydrogen-bond donors (Lipinski definition) is 0. The minimum atomic E-state index is -4.47. The third-order valence-electron chi connectivity index (χ3n) is 1.60. The van der Waals surface area contributed by atoms with Crippen LogP contribution in [0, 0.1) is 5.92 Å². The molecule has 66 valence electrons. The molecule has 4 heteroatoms. The summed E-state index contributed by atoms with van der Waals surface area (Å²) in [6.45, 7) is 5.03. The van der Waals surface area contributed by atoms with Crippen LogP contribution in [0.25, 0.3) is 0 Å². The van der Waals surface area contributed by atoms with Gasteiger partial charge in [0, 0.05) is 11.5 Å². The highest BCUT2D eigenvalue weighted by molar-refractivity contribution is 5.07. The lowest BCUT2D eigenvalue weighted by Crippen LogP contribution is -2.22. The molecule has 0 aromatic heterocycles. The van der Waals surface area contributed by atoms with Crippen molar-refractivity contribution in [1.82, 2.24) is 0 Å². The second-order valence-corrected chi connectivity index (χ2v) is 2.49. The van der Waals surface area contributed by atoms with E-state index >= 15 is 0 Å². The third kappa shape index (κ3) is 2.91. The summed E-state index contributed by atoms with van der Waals surface area (Å²) in [6.07, 6.45) is -5.98. The predicted octanol–water partition coefficient (Wildman–Crippen LogP) is 3.10. The zero-order chi connectivity index (χ0) is 9.23. The van der Waals surface area contributed by atoms with E-state index in [2.05, 4.69) is 6.58 Å². The third-order valence-corrected chi connectivity index (χ3v) is 1.60. The van der Waals surface area contributed by atoms with Gasteiger partial charge in [-0.2, -0.15) is 13.2 Å². The van der Waals surface area contributed by atoms with Crippen molar-refractivity contribution >= 4 is 0 Å². The molecule has 0 spiro atoms. The Hall–Kier alpha value is -0.540. The maximum Gasteiger partial charge on any atom is 0.412 e. The highest BCUT2D eigenvalue weighted by Crippen LogP contribution is 2.31. The van der Waals surface area contributed by atoms with E-state index in [1.54, 1.807) is 0 Å². The molecule has 0 radical (unpaired) electrons. The van der Waals surface area contributed by atoms with E-state index in [9.17, 15) is 17.6 Å². The van der Waals surface area contributed by atoms with Gasteiger partial charge >= 0.3 is 6.18 Å². The van der Waals surface area contributed by atoms with E-state index in [1.165, 1.54) is 6.92 Å². The minimum absolute atomic E-state index is 1.01. The van der Waals surface area contributed by atoms with Gasteiger partial charge in [-0.3, -0.25) is 0 Å². The summed E-state index contributed by atoms with van der Waals surface area (Å²) in [5.41, 5.74) is -1.01. The fourth-order valence-corrected chi connectivity index (χ4v) is 0.535. The summed E-state index contributed by atoms with van der Waals surface area (Å²) >= 11 is 0. The lowest BCUT2D eigenvalue weighted by atomic mass is 9.98. The summed E-state index contributed by atoms with van der Waals surface area (Å²) in [5, 5.41) is 0. The van der Waals surface area contributed by atoms with Crippen molar-refractivity contribution in [2.45, 2.75) is 26.2 Å². The van der Waals surface area contributed by atoms with Gasteiger partial charge in [-0.15, -0.1) is 0 Å². The van der Waals surface area contributed by atoms with Gasteiger partial charge in [-0.25, -0.2) is 4.39 Å². The molecule has 0 fully saturated rings. The first kappa shape index (κ1) is 10.5. The predicted molar refractivity (Wildman–Crippen MR) is 34.9 cm³/mol. The van der Waals surface area contributed by atoms with Gasteiger partial charge in [-0.05, 0) is 6.92 Å². The largest absolute Gasteiger partial charge is 0.412 e. The van der Waals surface area contributed by atoms with Crippen molar-refractivity contribution < 1.29 is 17.6 Å². The first-order chi connectivity index (χ1) is 4.76. The molecule has 0 saturated carbocycles. The topological polar surface area (TPSA) is 0 Å². The van der Waals surface area contributed by atoms with Gasteiger partial charge in [0.25, 0.3) is 0 Å². The smallest absolute Gasteiger partial charge is 0.247 e. The highest BCUT2D eigenvalue weighted by Gasteiger charge is 2.36. The fourth-order valence-electron chi connectivity index (χ4n) is 0.535. The lowest BCUT2D eigenvalue weighted by molar-refractivity contribution is -0.100. The molecule has 0 saturated heterocycles. The van der Waals surface area contributed by atoms with Crippen LogP contribution >= 0.6 is 0 Å². The quantitative estimate of drug-likeness (QED) is 0.441. The monoisotopic (exact) mass is 170 g/mol. The number of alkyl halides is 4. The van der Waals surface area contributed by atoms with Crippen molar-refractivity contribution in [3.05, 3.63) is 12.2 Å². The van der Waals surface area contributed by atoms with Crippen LogP contribution < -0.4 is 0 Å². The normalized spacial score (nSPS) is 17.6. The molecule has 0 aromatic carbocycles.